The average Bonchev–Trinajstić information content (AvgIpc) is 2.67. The first-order valence-corrected chi connectivity index (χ1v) is 8.33. The molecular weight excluding hydrogens is 497 g/mol. The minimum Gasteiger partial charge on any atom is -1.00 e. The predicted octanol–water partition coefficient (Wildman–Crippen LogP) is -0.0751. The van der Waals surface area contributed by atoms with Gasteiger partial charge in [-0.05, 0) is 50.2 Å². The maximum Gasteiger partial charge on any atom is 2.00 e. The van der Waals surface area contributed by atoms with Crippen molar-refractivity contribution in [3.63, 3.8) is 0 Å². The third-order valence-electron chi connectivity index (χ3n) is 3.92. The Balaban J connectivity index is 0.00000300. The number of aliphatic imine (C=N–C) groups is 2. The van der Waals surface area contributed by atoms with Gasteiger partial charge in [0.15, 0.2) is 23.3 Å². The Morgan fingerprint density at radius 3 is 1.23 bits per heavy atom. The molecule has 10 heteroatoms. The molecule has 1 heterocycles. The number of nitrogens with zero attached hydrogens (tertiary/aromatic N) is 3. The second-order valence-electron chi connectivity index (χ2n) is 5.94. The van der Waals surface area contributed by atoms with Gasteiger partial charge >= 0.3 is 17.1 Å². The monoisotopic (exact) mass is 511 g/mol. The summed E-state index contributed by atoms with van der Waals surface area (Å²) in [4.78, 5) is 12.3. The van der Waals surface area contributed by atoms with E-state index in [0.29, 0.717) is 11.4 Å². The van der Waals surface area contributed by atoms with Crippen molar-refractivity contribution in [2.75, 3.05) is 0 Å². The summed E-state index contributed by atoms with van der Waals surface area (Å²) in [6, 6.07) is 11.8. The van der Waals surface area contributed by atoms with Gasteiger partial charge in [-0.2, -0.15) is 0 Å². The molecule has 2 aromatic carbocycles. The number of aromatic nitrogens is 1. The van der Waals surface area contributed by atoms with Crippen LogP contribution in [0, 0.1) is 23.3 Å². The smallest absolute Gasteiger partial charge is 1.00 e. The van der Waals surface area contributed by atoms with Gasteiger partial charge in [0, 0.05) is 0 Å². The number of rotatable bonds is 4. The average molecular weight is 512 g/mol. The number of hydrogen-bond donors (Lipinski definition) is 0. The summed E-state index contributed by atoms with van der Waals surface area (Å²) in [5.74, 6) is -3.15. The molecule has 0 N–H and O–H groups in total. The molecule has 0 spiro atoms. The largest absolute Gasteiger partial charge is 2.00 e. The number of hydrogen-bond acceptors (Lipinski definition) is 3. The van der Waals surface area contributed by atoms with Crippen LogP contribution >= 0.6 is 0 Å². The van der Waals surface area contributed by atoms with Crippen LogP contribution in [-0.2, 0) is 17.1 Å². The minimum atomic E-state index is -0.789. The molecule has 3 rings (SSSR count). The Labute approximate surface area is 200 Å². The van der Waals surface area contributed by atoms with E-state index in [1.54, 1.807) is 32.0 Å². The number of halogens is 6. The number of para-hydroxylation sites is 2. The zero-order valence-electron chi connectivity index (χ0n) is 16.2. The van der Waals surface area contributed by atoms with E-state index in [0.717, 1.165) is 24.3 Å². The van der Waals surface area contributed by atoms with E-state index in [1.165, 1.54) is 12.1 Å². The first kappa shape index (κ1) is 28.7. The van der Waals surface area contributed by atoms with Crippen LogP contribution in [0.25, 0.3) is 0 Å². The first-order valence-electron chi connectivity index (χ1n) is 8.33. The molecule has 0 fully saturated rings. The molecule has 31 heavy (non-hydrogen) atoms. The van der Waals surface area contributed by atoms with Gasteiger partial charge in [0.05, 0.1) is 22.8 Å². The SMILES string of the molecule is C/C(=N\c1c(F)cccc1F)c1cccc(/C(C)=N/c2c(F)cccc2F)n1.[Cl-].[Cl-].[Fe+2]. The summed E-state index contributed by atoms with van der Waals surface area (Å²) in [7, 11) is 0. The van der Waals surface area contributed by atoms with Gasteiger partial charge in [-0.15, -0.1) is 0 Å². The fourth-order valence-corrected chi connectivity index (χ4v) is 2.48. The summed E-state index contributed by atoms with van der Waals surface area (Å²) in [6.07, 6.45) is 0. The van der Waals surface area contributed by atoms with Crippen molar-refractivity contribution in [1.29, 1.82) is 0 Å². The van der Waals surface area contributed by atoms with Crippen molar-refractivity contribution >= 4 is 22.8 Å². The van der Waals surface area contributed by atoms with Crippen LogP contribution in [0.4, 0.5) is 28.9 Å². The molecule has 3 nitrogen and oxygen atoms in total. The molecule has 0 saturated carbocycles. The molecular formula is C21H15Cl2F4FeN3. The van der Waals surface area contributed by atoms with Gasteiger partial charge in [0.1, 0.15) is 11.4 Å². The summed E-state index contributed by atoms with van der Waals surface area (Å²) >= 11 is 0. The first-order chi connectivity index (χ1) is 13.4. The summed E-state index contributed by atoms with van der Waals surface area (Å²) in [5.41, 5.74) is 0.427. The van der Waals surface area contributed by atoms with E-state index in [1.807, 2.05) is 0 Å². The van der Waals surface area contributed by atoms with Gasteiger partial charge < -0.3 is 24.8 Å². The number of benzene rings is 2. The van der Waals surface area contributed by atoms with Crippen LogP contribution in [0.1, 0.15) is 25.2 Å². The Morgan fingerprint density at radius 1 is 0.613 bits per heavy atom. The van der Waals surface area contributed by atoms with E-state index in [9.17, 15) is 17.6 Å². The third-order valence-corrected chi connectivity index (χ3v) is 3.92. The molecule has 0 amide bonds. The Kier molecular flexibility index (Phi) is 11.7. The summed E-state index contributed by atoms with van der Waals surface area (Å²) in [5, 5.41) is 0. The molecule has 0 unspecified atom stereocenters. The Hall–Kier alpha value is -2.25. The van der Waals surface area contributed by atoms with Crippen LogP contribution in [-0.4, -0.2) is 16.4 Å². The predicted molar refractivity (Wildman–Crippen MR) is 101 cm³/mol. The third kappa shape index (κ3) is 6.87. The second-order valence-corrected chi connectivity index (χ2v) is 5.94. The molecule has 1 aromatic heterocycles. The molecule has 0 atom stereocenters. The Morgan fingerprint density at radius 2 is 0.903 bits per heavy atom. The molecule has 164 valence electrons. The summed E-state index contributed by atoms with van der Waals surface area (Å²) in [6.45, 7) is 3.11. The molecule has 0 saturated heterocycles. The van der Waals surface area contributed by atoms with E-state index < -0.39 is 34.6 Å². The molecule has 0 aliphatic heterocycles. The maximum absolute atomic E-state index is 13.8. The molecule has 0 aliphatic carbocycles. The fourth-order valence-electron chi connectivity index (χ4n) is 2.48. The zero-order chi connectivity index (χ0) is 20.3. The van der Waals surface area contributed by atoms with Gasteiger partial charge in [-0.25, -0.2) is 32.5 Å². The van der Waals surface area contributed by atoms with Gasteiger partial charge in [0.2, 0.25) is 0 Å². The molecule has 0 aliphatic rings. The fraction of sp³-hybridized carbons (Fsp3) is 0.0952. The van der Waals surface area contributed by atoms with Gasteiger partial charge in [-0.3, -0.25) is 0 Å². The van der Waals surface area contributed by atoms with Gasteiger partial charge in [-0.1, -0.05) is 18.2 Å². The normalized spacial score (nSPS) is 11.2. The van der Waals surface area contributed by atoms with Crippen LogP contribution in [0.15, 0.2) is 64.6 Å². The minimum absolute atomic E-state index is 0. The van der Waals surface area contributed by atoms with Crippen molar-refractivity contribution in [3.05, 3.63) is 89.3 Å². The van der Waals surface area contributed by atoms with Crippen molar-refractivity contribution in [1.82, 2.24) is 4.98 Å². The Bertz CT molecular complexity index is 984. The van der Waals surface area contributed by atoms with Crippen LogP contribution in [0.3, 0.4) is 0 Å². The summed E-state index contributed by atoms with van der Waals surface area (Å²) < 4.78 is 55.2. The molecule has 0 bridgehead atoms. The van der Waals surface area contributed by atoms with Crippen LogP contribution < -0.4 is 24.8 Å². The van der Waals surface area contributed by atoms with Crippen molar-refractivity contribution < 1.29 is 59.4 Å². The quantitative estimate of drug-likeness (QED) is 0.274. The number of pyridine rings is 1. The maximum atomic E-state index is 13.8. The van der Waals surface area contributed by atoms with E-state index in [-0.39, 0.29) is 53.3 Å². The van der Waals surface area contributed by atoms with E-state index in [4.69, 9.17) is 0 Å². The standard InChI is InChI=1S/C21H15F4N3.2ClH.Fe/c1-12(26-20-14(22)6-3-7-15(20)23)18-10-5-11-19(28-18)13(2)27-21-16(24)8-4-9-17(21)25;;;/h3-11H,1-2H3;2*1H;/q;;;+2/p-2/b26-12+,27-13+;;;. The van der Waals surface area contributed by atoms with Crippen LogP contribution in [0.5, 0.6) is 0 Å². The van der Waals surface area contributed by atoms with Crippen molar-refractivity contribution in [3.8, 4) is 0 Å². The van der Waals surface area contributed by atoms with Crippen LogP contribution in [0.2, 0.25) is 0 Å². The molecule has 0 radical (unpaired) electrons. The van der Waals surface area contributed by atoms with Gasteiger partial charge in [0.25, 0.3) is 0 Å². The molecule has 3 aromatic rings. The van der Waals surface area contributed by atoms with Crippen molar-refractivity contribution in [2.24, 2.45) is 9.98 Å². The zero-order valence-corrected chi connectivity index (χ0v) is 18.8. The van der Waals surface area contributed by atoms with E-state index >= 15 is 0 Å². The topological polar surface area (TPSA) is 37.6 Å². The second kappa shape index (κ2) is 12.6. The van der Waals surface area contributed by atoms with E-state index in [2.05, 4.69) is 15.0 Å². The van der Waals surface area contributed by atoms with Crippen molar-refractivity contribution in [2.45, 2.75) is 13.8 Å².